The minimum absolute atomic E-state index is 0.0115. The van der Waals surface area contributed by atoms with Crippen LogP contribution in [0.2, 0.25) is 0 Å². The molecule has 0 radical (unpaired) electrons. The van der Waals surface area contributed by atoms with Crippen molar-refractivity contribution < 1.29 is 13.2 Å². The van der Waals surface area contributed by atoms with E-state index in [0.29, 0.717) is 6.42 Å². The fourth-order valence-electron chi connectivity index (χ4n) is 1.88. The summed E-state index contributed by atoms with van der Waals surface area (Å²) in [6.07, 6.45) is 0.465. The molecule has 0 bridgehead atoms. The zero-order valence-electron chi connectivity index (χ0n) is 9.91. The van der Waals surface area contributed by atoms with Crippen molar-refractivity contribution in [2.45, 2.75) is 12.5 Å². The normalized spacial score (nSPS) is 21.7. The van der Waals surface area contributed by atoms with Gasteiger partial charge in [-0.25, -0.2) is 8.42 Å². The van der Waals surface area contributed by atoms with Crippen molar-refractivity contribution in [1.82, 2.24) is 15.1 Å². The molecule has 0 aromatic carbocycles. The molecule has 1 aromatic rings. The summed E-state index contributed by atoms with van der Waals surface area (Å²) in [4.78, 5) is 13.4. The number of nitrogens with zero attached hydrogens (tertiary/aromatic N) is 3. The van der Waals surface area contributed by atoms with Gasteiger partial charge in [-0.05, 0) is 18.6 Å². The van der Waals surface area contributed by atoms with Crippen molar-refractivity contribution in [3.8, 4) is 0 Å². The number of sulfone groups is 1. The summed E-state index contributed by atoms with van der Waals surface area (Å²) < 4.78 is 22.7. The fraction of sp³-hybridized carbons (Fsp3) is 0.500. The number of carbonyl (C=O) groups is 1. The number of amides is 1. The first-order valence-electron chi connectivity index (χ1n) is 5.46. The zero-order valence-corrected chi connectivity index (χ0v) is 10.7. The summed E-state index contributed by atoms with van der Waals surface area (Å²) in [5.74, 6) is 0.0302. The molecule has 1 saturated heterocycles. The highest BCUT2D eigenvalue weighted by Crippen LogP contribution is 2.17. The summed E-state index contributed by atoms with van der Waals surface area (Å²) in [7, 11) is -1.44. The van der Waals surface area contributed by atoms with Crippen molar-refractivity contribution in [2.24, 2.45) is 0 Å². The second-order valence-corrected chi connectivity index (χ2v) is 6.55. The van der Waals surface area contributed by atoms with Crippen molar-refractivity contribution in [3.63, 3.8) is 0 Å². The number of hydrogen-bond donors (Lipinski definition) is 1. The number of nitrogens with two attached hydrogens (primary N) is 1. The molecule has 1 aliphatic rings. The average Bonchev–Trinajstić information content (AvgIpc) is 2.69. The van der Waals surface area contributed by atoms with Gasteiger partial charge in [0.2, 0.25) is 0 Å². The molecule has 2 N–H and O–H groups in total. The molecular formula is C10H14N4O3S. The maximum absolute atomic E-state index is 12.0. The highest BCUT2D eigenvalue weighted by Gasteiger charge is 2.33. The van der Waals surface area contributed by atoms with E-state index < -0.39 is 9.84 Å². The van der Waals surface area contributed by atoms with Crippen molar-refractivity contribution >= 4 is 21.6 Å². The van der Waals surface area contributed by atoms with Gasteiger partial charge in [-0.1, -0.05) is 0 Å². The molecule has 1 aliphatic heterocycles. The summed E-state index contributed by atoms with van der Waals surface area (Å²) in [5, 5.41) is 7.29. The third kappa shape index (κ3) is 2.58. The lowest BCUT2D eigenvalue weighted by atomic mass is 10.2. The summed E-state index contributed by atoms with van der Waals surface area (Å²) in [6, 6.07) is 2.67. The third-order valence-electron chi connectivity index (χ3n) is 2.98. The van der Waals surface area contributed by atoms with E-state index in [4.69, 9.17) is 5.73 Å². The SMILES string of the molecule is CN(C(=O)c1ccc(N)nn1)C1CCS(=O)(=O)C1. The molecule has 7 nitrogen and oxygen atoms in total. The summed E-state index contributed by atoms with van der Waals surface area (Å²) in [5.41, 5.74) is 5.55. The molecule has 2 rings (SSSR count). The minimum atomic E-state index is -3.01. The number of nitrogen functional groups attached to an aromatic ring is 1. The minimum Gasteiger partial charge on any atom is -0.382 e. The average molecular weight is 270 g/mol. The van der Waals surface area contributed by atoms with Crippen LogP contribution in [0.15, 0.2) is 12.1 Å². The second-order valence-electron chi connectivity index (χ2n) is 4.32. The standard InChI is InChI=1S/C10H14N4O3S/c1-14(7-4-5-18(16,17)6-7)10(15)8-2-3-9(11)13-12-8/h2-3,7H,4-6H2,1H3,(H2,11,13). The third-order valence-corrected chi connectivity index (χ3v) is 4.73. The lowest BCUT2D eigenvalue weighted by Crippen LogP contribution is -2.38. The summed E-state index contributed by atoms with van der Waals surface area (Å²) in [6.45, 7) is 0. The first-order chi connectivity index (χ1) is 8.39. The molecular weight excluding hydrogens is 256 g/mol. The van der Waals surface area contributed by atoms with Gasteiger partial charge in [-0.3, -0.25) is 4.79 Å². The van der Waals surface area contributed by atoms with Gasteiger partial charge in [0.25, 0.3) is 5.91 Å². The zero-order chi connectivity index (χ0) is 13.3. The second kappa shape index (κ2) is 4.52. The van der Waals surface area contributed by atoms with Gasteiger partial charge in [0.15, 0.2) is 15.5 Å². The Morgan fingerprint density at radius 3 is 2.67 bits per heavy atom. The predicted octanol–water partition coefficient (Wildman–Crippen LogP) is -0.682. The molecule has 0 saturated carbocycles. The van der Waals surface area contributed by atoms with Gasteiger partial charge in [-0.2, -0.15) is 0 Å². The Morgan fingerprint density at radius 1 is 1.44 bits per heavy atom. The molecule has 1 fully saturated rings. The first kappa shape index (κ1) is 12.7. The molecule has 0 aliphatic carbocycles. The Balaban J connectivity index is 2.12. The van der Waals surface area contributed by atoms with Crippen LogP contribution in [-0.2, 0) is 9.84 Å². The van der Waals surface area contributed by atoms with Crippen molar-refractivity contribution in [2.75, 3.05) is 24.3 Å². The van der Waals surface area contributed by atoms with E-state index >= 15 is 0 Å². The maximum Gasteiger partial charge on any atom is 0.274 e. The van der Waals surface area contributed by atoms with E-state index in [1.807, 2.05) is 0 Å². The van der Waals surface area contributed by atoms with E-state index in [1.54, 1.807) is 7.05 Å². The smallest absolute Gasteiger partial charge is 0.274 e. The largest absolute Gasteiger partial charge is 0.382 e. The summed E-state index contributed by atoms with van der Waals surface area (Å²) >= 11 is 0. The number of carbonyl (C=O) groups excluding carboxylic acids is 1. The van der Waals surface area contributed by atoms with Gasteiger partial charge in [0.1, 0.15) is 5.82 Å². The van der Waals surface area contributed by atoms with Gasteiger partial charge < -0.3 is 10.6 Å². The highest BCUT2D eigenvalue weighted by molar-refractivity contribution is 7.91. The van der Waals surface area contributed by atoms with Gasteiger partial charge in [0.05, 0.1) is 11.5 Å². The van der Waals surface area contributed by atoms with Gasteiger partial charge in [0, 0.05) is 13.1 Å². The Kier molecular flexibility index (Phi) is 3.20. The number of anilines is 1. The van der Waals surface area contributed by atoms with E-state index in [9.17, 15) is 13.2 Å². The monoisotopic (exact) mass is 270 g/mol. The van der Waals surface area contributed by atoms with Gasteiger partial charge in [-0.15, -0.1) is 10.2 Å². The van der Waals surface area contributed by atoms with Crippen LogP contribution in [0.25, 0.3) is 0 Å². The van der Waals surface area contributed by atoms with Crippen LogP contribution in [0.1, 0.15) is 16.9 Å². The Hall–Kier alpha value is -1.70. The molecule has 0 spiro atoms. The van der Waals surface area contributed by atoms with Crippen LogP contribution in [0.3, 0.4) is 0 Å². The van der Waals surface area contributed by atoms with Crippen LogP contribution < -0.4 is 5.73 Å². The Labute approximate surface area is 105 Å². The molecule has 1 atom stereocenters. The Morgan fingerprint density at radius 2 is 2.17 bits per heavy atom. The quantitative estimate of drug-likeness (QED) is 0.763. The predicted molar refractivity (Wildman–Crippen MR) is 65.6 cm³/mol. The molecule has 2 heterocycles. The van der Waals surface area contributed by atoms with Crippen LogP contribution in [0, 0.1) is 0 Å². The van der Waals surface area contributed by atoms with Crippen LogP contribution >= 0.6 is 0 Å². The molecule has 1 amide bonds. The molecule has 1 unspecified atom stereocenters. The molecule has 1 aromatic heterocycles. The lowest BCUT2D eigenvalue weighted by Gasteiger charge is -2.22. The molecule has 98 valence electrons. The van der Waals surface area contributed by atoms with Crippen LogP contribution in [-0.4, -0.2) is 54.0 Å². The highest BCUT2D eigenvalue weighted by atomic mass is 32.2. The number of rotatable bonds is 2. The Bertz CT molecular complexity index is 555. The number of aromatic nitrogens is 2. The first-order valence-corrected chi connectivity index (χ1v) is 7.28. The van der Waals surface area contributed by atoms with Crippen LogP contribution in [0.5, 0.6) is 0 Å². The van der Waals surface area contributed by atoms with Gasteiger partial charge >= 0.3 is 0 Å². The lowest BCUT2D eigenvalue weighted by molar-refractivity contribution is 0.0740. The fourth-order valence-corrected chi connectivity index (χ4v) is 3.66. The molecule has 8 heteroatoms. The maximum atomic E-state index is 12.0. The van der Waals surface area contributed by atoms with Crippen molar-refractivity contribution in [1.29, 1.82) is 0 Å². The van der Waals surface area contributed by atoms with Crippen molar-refractivity contribution in [3.05, 3.63) is 17.8 Å². The van der Waals surface area contributed by atoms with E-state index in [1.165, 1.54) is 17.0 Å². The van der Waals surface area contributed by atoms with E-state index in [2.05, 4.69) is 10.2 Å². The molecule has 18 heavy (non-hydrogen) atoms. The van der Waals surface area contributed by atoms with E-state index in [-0.39, 0.29) is 35.0 Å². The van der Waals surface area contributed by atoms with E-state index in [0.717, 1.165) is 0 Å². The topological polar surface area (TPSA) is 106 Å². The van der Waals surface area contributed by atoms with Crippen LogP contribution in [0.4, 0.5) is 5.82 Å². The number of hydrogen-bond acceptors (Lipinski definition) is 6.